The SMILES string of the molecule is Cc1cccc(/C=C2\Sc3ccc(C(=O)NC4CCCC(C)C4C)cc3N(C)C2=O)c1. The Labute approximate surface area is 189 Å². The Morgan fingerprint density at radius 2 is 1.97 bits per heavy atom. The number of thioether (sulfide) groups is 1. The zero-order chi connectivity index (χ0) is 22.1. The van der Waals surface area contributed by atoms with Gasteiger partial charge in [-0.3, -0.25) is 9.59 Å². The van der Waals surface area contributed by atoms with Gasteiger partial charge in [-0.25, -0.2) is 0 Å². The minimum atomic E-state index is -0.0549. The first-order valence-electron chi connectivity index (χ1n) is 11.0. The van der Waals surface area contributed by atoms with Gasteiger partial charge in [-0.15, -0.1) is 0 Å². The molecule has 162 valence electrons. The smallest absolute Gasteiger partial charge is 0.264 e. The van der Waals surface area contributed by atoms with Gasteiger partial charge >= 0.3 is 0 Å². The molecule has 4 rings (SSSR count). The summed E-state index contributed by atoms with van der Waals surface area (Å²) in [5, 5.41) is 3.23. The maximum absolute atomic E-state index is 13.0. The molecule has 1 aliphatic heterocycles. The molecule has 1 fully saturated rings. The van der Waals surface area contributed by atoms with E-state index in [1.54, 1.807) is 11.9 Å². The summed E-state index contributed by atoms with van der Waals surface area (Å²) in [6, 6.07) is 14.0. The Kier molecular flexibility index (Phi) is 6.24. The number of nitrogens with one attached hydrogen (secondary N) is 1. The van der Waals surface area contributed by atoms with Crippen molar-refractivity contribution in [1.82, 2.24) is 5.32 Å². The maximum Gasteiger partial charge on any atom is 0.264 e. The van der Waals surface area contributed by atoms with Gasteiger partial charge in [0.05, 0.1) is 10.6 Å². The number of carbonyl (C=O) groups excluding carboxylic acids is 2. The van der Waals surface area contributed by atoms with Crippen molar-refractivity contribution in [1.29, 1.82) is 0 Å². The molecule has 0 saturated heterocycles. The zero-order valence-electron chi connectivity index (χ0n) is 18.6. The first-order valence-corrected chi connectivity index (χ1v) is 11.8. The molecule has 1 aliphatic carbocycles. The number of amides is 2. The summed E-state index contributed by atoms with van der Waals surface area (Å²) in [4.78, 5) is 29.2. The summed E-state index contributed by atoms with van der Waals surface area (Å²) in [6.07, 6.45) is 5.36. The van der Waals surface area contributed by atoms with Crippen LogP contribution in [-0.4, -0.2) is 24.9 Å². The number of anilines is 1. The quantitative estimate of drug-likeness (QED) is 0.634. The number of rotatable bonds is 3. The molecular weight excluding hydrogens is 404 g/mol. The number of benzene rings is 2. The van der Waals surface area contributed by atoms with E-state index < -0.39 is 0 Å². The molecule has 2 amide bonds. The molecular formula is C26H30N2O2S. The number of aryl methyl sites for hydroxylation is 1. The predicted octanol–water partition coefficient (Wildman–Crippen LogP) is 5.66. The molecule has 3 atom stereocenters. The van der Waals surface area contributed by atoms with Crippen LogP contribution in [0.1, 0.15) is 54.6 Å². The molecule has 1 saturated carbocycles. The summed E-state index contributed by atoms with van der Waals surface area (Å²) in [5.41, 5.74) is 3.57. The van der Waals surface area contributed by atoms with Gasteiger partial charge in [0.25, 0.3) is 11.8 Å². The third-order valence-corrected chi connectivity index (χ3v) is 7.76. The van der Waals surface area contributed by atoms with Crippen LogP contribution in [0, 0.1) is 18.8 Å². The number of fused-ring (bicyclic) bond motifs is 1. The van der Waals surface area contributed by atoms with E-state index in [0.717, 1.165) is 34.6 Å². The second-order valence-corrected chi connectivity index (χ2v) is 10.0. The number of hydrogen-bond donors (Lipinski definition) is 1. The third-order valence-electron chi connectivity index (χ3n) is 6.68. The minimum Gasteiger partial charge on any atom is -0.349 e. The topological polar surface area (TPSA) is 49.4 Å². The number of hydrogen-bond acceptors (Lipinski definition) is 3. The summed E-state index contributed by atoms with van der Waals surface area (Å²) in [5.74, 6) is 0.998. The van der Waals surface area contributed by atoms with Gasteiger partial charge in [0.2, 0.25) is 0 Å². The lowest BCUT2D eigenvalue weighted by atomic mass is 9.78. The Bertz CT molecular complexity index is 1050. The summed E-state index contributed by atoms with van der Waals surface area (Å²) in [6.45, 7) is 6.54. The first-order chi connectivity index (χ1) is 14.8. The van der Waals surface area contributed by atoms with E-state index in [2.05, 4.69) is 25.2 Å². The maximum atomic E-state index is 13.0. The van der Waals surface area contributed by atoms with E-state index in [9.17, 15) is 9.59 Å². The molecule has 5 heteroatoms. The molecule has 2 aromatic rings. The Hall–Kier alpha value is -2.53. The lowest BCUT2D eigenvalue weighted by Gasteiger charge is -2.34. The van der Waals surface area contributed by atoms with Crippen LogP contribution in [0.25, 0.3) is 6.08 Å². The molecule has 2 aromatic carbocycles. The molecule has 31 heavy (non-hydrogen) atoms. The van der Waals surface area contributed by atoms with Crippen molar-refractivity contribution < 1.29 is 9.59 Å². The van der Waals surface area contributed by atoms with E-state index >= 15 is 0 Å². The fourth-order valence-electron chi connectivity index (χ4n) is 4.48. The van der Waals surface area contributed by atoms with E-state index in [4.69, 9.17) is 0 Å². The van der Waals surface area contributed by atoms with Crippen LogP contribution >= 0.6 is 11.8 Å². The molecule has 4 nitrogen and oxygen atoms in total. The standard InChI is InChI=1S/C26H30N2O2S/c1-16-7-5-9-19(13-16)14-24-26(30)28(4)22-15-20(11-12-23(22)31-24)25(29)27-21-10-6-8-17(2)18(21)3/h5,7,9,11-15,17-18,21H,6,8,10H2,1-4H3,(H,27,29)/b24-14-. The van der Waals surface area contributed by atoms with Crippen molar-refractivity contribution in [3.8, 4) is 0 Å². The summed E-state index contributed by atoms with van der Waals surface area (Å²) in [7, 11) is 1.78. The second-order valence-electron chi connectivity index (χ2n) is 8.92. The number of nitrogens with zero attached hydrogens (tertiary/aromatic N) is 1. The molecule has 0 aromatic heterocycles. The van der Waals surface area contributed by atoms with Crippen molar-refractivity contribution in [2.45, 2.75) is 51.0 Å². The average Bonchev–Trinajstić information content (AvgIpc) is 2.75. The molecule has 1 N–H and O–H groups in total. The average molecular weight is 435 g/mol. The van der Waals surface area contributed by atoms with Crippen LogP contribution < -0.4 is 10.2 Å². The van der Waals surface area contributed by atoms with E-state index in [1.807, 2.05) is 49.4 Å². The van der Waals surface area contributed by atoms with E-state index in [1.165, 1.54) is 18.2 Å². The van der Waals surface area contributed by atoms with Crippen LogP contribution in [0.3, 0.4) is 0 Å². The number of carbonyl (C=O) groups is 2. The molecule has 0 spiro atoms. The molecule has 0 bridgehead atoms. The fourth-order valence-corrected chi connectivity index (χ4v) is 5.58. The second kappa shape index (κ2) is 8.91. The Morgan fingerprint density at radius 3 is 2.74 bits per heavy atom. The molecule has 1 heterocycles. The zero-order valence-corrected chi connectivity index (χ0v) is 19.5. The van der Waals surface area contributed by atoms with Gasteiger partial charge in [-0.1, -0.05) is 68.3 Å². The normalized spacial score (nSPS) is 24.8. The van der Waals surface area contributed by atoms with Gasteiger partial charge in [0.15, 0.2) is 0 Å². The van der Waals surface area contributed by atoms with E-state index in [0.29, 0.717) is 22.3 Å². The highest BCUT2D eigenvalue weighted by Gasteiger charge is 2.30. The first kappa shape index (κ1) is 21.7. The summed E-state index contributed by atoms with van der Waals surface area (Å²) < 4.78 is 0. The molecule has 0 radical (unpaired) electrons. The van der Waals surface area contributed by atoms with Gasteiger partial charge in [-0.2, -0.15) is 0 Å². The van der Waals surface area contributed by atoms with Crippen LogP contribution in [0.5, 0.6) is 0 Å². The van der Waals surface area contributed by atoms with Crippen LogP contribution in [-0.2, 0) is 4.79 Å². The number of likely N-dealkylation sites (N-methyl/N-ethyl adjacent to an activating group) is 1. The largest absolute Gasteiger partial charge is 0.349 e. The Morgan fingerprint density at radius 1 is 1.16 bits per heavy atom. The molecule has 2 aliphatic rings. The van der Waals surface area contributed by atoms with Crippen molar-refractivity contribution in [3.63, 3.8) is 0 Å². The van der Waals surface area contributed by atoms with Crippen molar-refractivity contribution >= 4 is 35.3 Å². The van der Waals surface area contributed by atoms with Gasteiger partial charge in [0.1, 0.15) is 0 Å². The van der Waals surface area contributed by atoms with Crippen molar-refractivity contribution in [2.24, 2.45) is 11.8 Å². The van der Waals surface area contributed by atoms with Crippen LogP contribution in [0.15, 0.2) is 52.3 Å². The molecule has 3 unspecified atom stereocenters. The lowest BCUT2D eigenvalue weighted by molar-refractivity contribution is -0.114. The monoisotopic (exact) mass is 434 g/mol. The highest BCUT2D eigenvalue weighted by atomic mass is 32.2. The van der Waals surface area contributed by atoms with Crippen molar-refractivity contribution in [3.05, 3.63) is 64.1 Å². The van der Waals surface area contributed by atoms with Gasteiger partial charge in [0, 0.05) is 23.5 Å². The lowest BCUT2D eigenvalue weighted by Crippen LogP contribution is -2.43. The van der Waals surface area contributed by atoms with Gasteiger partial charge < -0.3 is 10.2 Å². The third kappa shape index (κ3) is 4.57. The van der Waals surface area contributed by atoms with Crippen LogP contribution in [0.2, 0.25) is 0 Å². The summed E-state index contributed by atoms with van der Waals surface area (Å²) >= 11 is 1.46. The Balaban J connectivity index is 1.55. The highest BCUT2D eigenvalue weighted by molar-refractivity contribution is 8.04. The van der Waals surface area contributed by atoms with E-state index in [-0.39, 0.29) is 17.9 Å². The fraction of sp³-hybridized carbons (Fsp3) is 0.385. The minimum absolute atomic E-state index is 0.0497. The van der Waals surface area contributed by atoms with Gasteiger partial charge in [-0.05, 0) is 55.0 Å². The predicted molar refractivity (Wildman–Crippen MR) is 128 cm³/mol. The highest BCUT2D eigenvalue weighted by Crippen LogP contribution is 2.42. The van der Waals surface area contributed by atoms with Crippen molar-refractivity contribution in [2.75, 3.05) is 11.9 Å². The van der Waals surface area contributed by atoms with Crippen LogP contribution in [0.4, 0.5) is 5.69 Å².